The van der Waals surface area contributed by atoms with E-state index in [0.717, 1.165) is 23.4 Å². The van der Waals surface area contributed by atoms with Crippen LogP contribution in [-0.2, 0) is 6.54 Å². The summed E-state index contributed by atoms with van der Waals surface area (Å²) in [6.07, 6.45) is 9.75. The molecule has 1 aliphatic carbocycles. The van der Waals surface area contributed by atoms with Crippen molar-refractivity contribution in [3.8, 4) is 22.3 Å². The van der Waals surface area contributed by atoms with Crippen LogP contribution < -0.4 is 5.32 Å². The summed E-state index contributed by atoms with van der Waals surface area (Å²) in [7, 11) is 0. The number of rotatable bonds is 8. The number of hydrogen-bond acceptors (Lipinski definition) is 3. The molecule has 0 spiro atoms. The second-order valence-electron chi connectivity index (χ2n) is 12.6. The number of benzene rings is 6. The smallest absolute Gasteiger partial charge is 0.0640 e. The zero-order chi connectivity index (χ0) is 32.3. The van der Waals surface area contributed by atoms with Crippen LogP contribution >= 0.6 is 11.3 Å². The van der Waals surface area contributed by atoms with Gasteiger partial charge in [-0.15, -0.1) is 11.3 Å². The summed E-state index contributed by atoms with van der Waals surface area (Å²) in [5, 5.41) is 6.39. The number of nitrogens with one attached hydrogen (secondary N) is 1. The minimum absolute atomic E-state index is 0.583. The van der Waals surface area contributed by atoms with Gasteiger partial charge in [0.1, 0.15) is 0 Å². The summed E-state index contributed by atoms with van der Waals surface area (Å²) in [6, 6.07) is 50.1. The van der Waals surface area contributed by atoms with E-state index in [2.05, 4.69) is 170 Å². The molecule has 0 amide bonds. The molecule has 2 nitrogen and oxygen atoms in total. The monoisotopic (exact) mass is 636 g/mol. The van der Waals surface area contributed by atoms with Gasteiger partial charge >= 0.3 is 0 Å². The van der Waals surface area contributed by atoms with Gasteiger partial charge in [0.2, 0.25) is 0 Å². The number of anilines is 2. The minimum atomic E-state index is 0.583. The lowest BCUT2D eigenvalue weighted by atomic mass is 9.90. The predicted molar refractivity (Wildman–Crippen MR) is 209 cm³/mol. The van der Waals surface area contributed by atoms with Gasteiger partial charge in [-0.2, -0.15) is 0 Å². The molecule has 1 unspecified atom stereocenters. The van der Waals surface area contributed by atoms with E-state index < -0.39 is 0 Å². The number of aliphatic imine (C=N–C) groups is 1. The largest absolute Gasteiger partial charge is 0.355 e. The van der Waals surface area contributed by atoms with E-state index in [0.29, 0.717) is 12.5 Å². The maximum Gasteiger partial charge on any atom is 0.0640 e. The Morgan fingerprint density at radius 2 is 1.50 bits per heavy atom. The molecule has 0 bridgehead atoms. The molecule has 1 N–H and O–H groups in total. The summed E-state index contributed by atoms with van der Waals surface area (Å²) >= 11 is 1.87. The first-order chi connectivity index (χ1) is 23.7. The molecule has 6 aromatic carbocycles. The van der Waals surface area contributed by atoms with Crippen molar-refractivity contribution in [2.45, 2.75) is 19.9 Å². The lowest BCUT2D eigenvalue weighted by molar-refractivity contribution is 0.749. The molecule has 8 rings (SSSR count). The Kier molecular flexibility index (Phi) is 8.28. The molecule has 0 saturated heterocycles. The predicted octanol–water partition coefficient (Wildman–Crippen LogP) is 12.7. The SMILES string of the molecule is CC1C=CC=C(c2cccc(CN=Cc3ccc(Nc4cc(-c5cccc6c5sc5ccccc56)ccc4-c4ccccc4)cc3)c2)C1. The zero-order valence-electron chi connectivity index (χ0n) is 26.9. The summed E-state index contributed by atoms with van der Waals surface area (Å²) in [5.74, 6) is 0.583. The molecular weight excluding hydrogens is 601 g/mol. The van der Waals surface area contributed by atoms with Crippen LogP contribution in [0.3, 0.4) is 0 Å². The first-order valence-electron chi connectivity index (χ1n) is 16.6. The average molecular weight is 637 g/mol. The highest BCUT2D eigenvalue weighted by atomic mass is 32.1. The van der Waals surface area contributed by atoms with Crippen molar-refractivity contribution in [1.29, 1.82) is 0 Å². The van der Waals surface area contributed by atoms with Gasteiger partial charge in [-0.05, 0) is 81.6 Å². The molecule has 7 aromatic rings. The third-order valence-corrected chi connectivity index (χ3v) is 10.3. The molecule has 0 aliphatic heterocycles. The number of thiophene rings is 1. The van der Waals surface area contributed by atoms with Crippen LogP contribution in [0.2, 0.25) is 0 Å². The molecule has 48 heavy (non-hydrogen) atoms. The van der Waals surface area contributed by atoms with E-state index >= 15 is 0 Å². The van der Waals surface area contributed by atoms with E-state index in [1.807, 2.05) is 17.6 Å². The zero-order valence-corrected chi connectivity index (χ0v) is 27.8. The molecule has 0 radical (unpaired) electrons. The lowest BCUT2D eigenvalue weighted by Crippen LogP contribution is -1.97. The molecule has 1 aliphatic rings. The van der Waals surface area contributed by atoms with Gasteiger partial charge < -0.3 is 5.32 Å². The van der Waals surface area contributed by atoms with Gasteiger partial charge in [0, 0.05) is 43.3 Å². The molecule has 1 aromatic heterocycles. The average Bonchev–Trinajstić information content (AvgIpc) is 3.52. The molecule has 232 valence electrons. The summed E-state index contributed by atoms with van der Waals surface area (Å²) in [4.78, 5) is 4.79. The third-order valence-electron chi connectivity index (χ3n) is 9.10. The molecule has 1 heterocycles. The fourth-order valence-electron chi connectivity index (χ4n) is 6.65. The maximum atomic E-state index is 4.79. The van der Waals surface area contributed by atoms with Gasteiger partial charge in [-0.1, -0.05) is 134 Å². The Balaban J connectivity index is 1.05. The topological polar surface area (TPSA) is 24.4 Å². The third kappa shape index (κ3) is 6.25. The van der Waals surface area contributed by atoms with Gasteiger partial charge in [-0.3, -0.25) is 4.99 Å². The minimum Gasteiger partial charge on any atom is -0.355 e. The Bertz CT molecular complexity index is 2320. The molecule has 3 heteroatoms. The van der Waals surface area contributed by atoms with Gasteiger partial charge in [0.15, 0.2) is 0 Å². The van der Waals surface area contributed by atoms with Crippen molar-refractivity contribution in [1.82, 2.24) is 0 Å². The van der Waals surface area contributed by atoms with Crippen LogP contribution in [0.4, 0.5) is 11.4 Å². The van der Waals surface area contributed by atoms with Crippen LogP contribution in [0.25, 0.3) is 48.0 Å². The van der Waals surface area contributed by atoms with Crippen molar-refractivity contribution >= 4 is 54.7 Å². The standard InChI is InChI=1S/C45H36N2S/c1-31-10-7-14-35(26-31)36-15-8-11-33(27-36)30-46-29-32-20-23-38(24-21-32)47-43-28-37(22-25-39(43)34-12-3-2-4-13-34)40-17-9-18-42-41-16-5-6-19-44(41)48-45(40)42/h2-25,27-29,31,47H,26,30H2,1H3. The highest BCUT2D eigenvalue weighted by Gasteiger charge is 2.14. The van der Waals surface area contributed by atoms with Crippen LogP contribution in [0.1, 0.15) is 30.0 Å². The van der Waals surface area contributed by atoms with Gasteiger partial charge in [-0.25, -0.2) is 0 Å². The van der Waals surface area contributed by atoms with E-state index in [1.165, 1.54) is 59.1 Å². The maximum absolute atomic E-state index is 4.79. The molecule has 1 atom stereocenters. The van der Waals surface area contributed by atoms with Crippen LogP contribution in [0, 0.1) is 5.92 Å². The first-order valence-corrected chi connectivity index (χ1v) is 17.4. The quantitative estimate of drug-likeness (QED) is 0.165. The van der Waals surface area contributed by atoms with Gasteiger partial charge in [0.25, 0.3) is 0 Å². The van der Waals surface area contributed by atoms with Crippen molar-refractivity contribution in [3.63, 3.8) is 0 Å². The normalized spacial score (nSPS) is 14.5. The molecular formula is C45H36N2S. The Labute approximate surface area is 286 Å². The molecule has 0 saturated carbocycles. The fourth-order valence-corrected chi connectivity index (χ4v) is 7.89. The van der Waals surface area contributed by atoms with E-state index in [1.54, 1.807) is 0 Å². The fraction of sp³-hybridized carbons (Fsp3) is 0.0889. The lowest BCUT2D eigenvalue weighted by Gasteiger charge is -2.15. The highest BCUT2D eigenvalue weighted by Crippen LogP contribution is 2.42. The Hall–Kier alpha value is -5.51. The summed E-state index contributed by atoms with van der Waals surface area (Å²) in [6.45, 7) is 2.93. The number of fused-ring (bicyclic) bond motifs is 3. The van der Waals surface area contributed by atoms with E-state index in [9.17, 15) is 0 Å². The second-order valence-corrected chi connectivity index (χ2v) is 13.6. The first kappa shape index (κ1) is 29.9. The van der Waals surface area contributed by atoms with E-state index in [-0.39, 0.29) is 0 Å². The Morgan fingerprint density at radius 3 is 2.38 bits per heavy atom. The number of allylic oxidation sites excluding steroid dienone is 4. The van der Waals surface area contributed by atoms with Crippen LogP contribution in [-0.4, -0.2) is 6.21 Å². The summed E-state index contributed by atoms with van der Waals surface area (Å²) < 4.78 is 2.64. The highest BCUT2D eigenvalue weighted by molar-refractivity contribution is 7.26. The number of hydrogen-bond donors (Lipinski definition) is 1. The van der Waals surface area contributed by atoms with Gasteiger partial charge in [0.05, 0.1) is 6.54 Å². The molecule has 0 fully saturated rings. The van der Waals surface area contributed by atoms with Crippen molar-refractivity contribution in [2.75, 3.05) is 5.32 Å². The second kappa shape index (κ2) is 13.3. The van der Waals surface area contributed by atoms with Crippen molar-refractivity contribution in [3.05, 3.63) is 174 Å². The summed E-state index contributed by atoms with van der Waals surface area (Å²) in [5.41, 5.74) is 11.9. The van der Waals surface area contributed by atoms with Crippen molar-refractivity contribution < 1.29 is 0 Å². The van der Waals surface area contributed by atoms with E-state index in [4.69, 9.17) is 4.99 Å². The Morgan fingerprint density at radius 1 is 0.708 bits per heavy atom. The number of nitrogens with zero attached hydrogens (tertiary/aromatic N) is 1. The van der Waals surface area contributed by atoms with Crippen molar-refractivity contribution in [2.24, 2.45) is 10.9 Å². The van der Waals surface area contributed by atoms with Crippen LogP contribution in [0.15, 0.2) is 163 Å². The van der Waals surface area contributed by atoms with Crippen LogP contribution in [0.5, 0.6) is 0 Å².